The zero-order chi connectivity index (χ0) is 71.8. The monoisotopic (exact) mass is 1340 g/mol. The Balaban J connectivity index is 0.000000212. The van der Waals surface area contributed by atoms with E-state index in [1.54, 1.807) is 0 Å². The molecule has 0 saturated carbocycles. The van der Waals surface area contributed by atoms with Crippen molar-refractivity contribution in [2.75, 3.05) is 0 Å². The fourth-order valence-electron chi connectivity index (χ4n) is 13.0. The lowest BCUT2D eigenvalue weighted by Crippen LogP contribution is -2.14. The SMILES string of the molecule is C.C.CC(C)Cc1ccc(C(C)C)cc1.CC(C)c1ccc(-c2ccccc2)cc1.CC(C)c1ccc(C(C)C)cc1.CC(C)c1ccc2ccc3cccc4ccc1c2c34.CC(C)c1cccc2ccccc12.CC(C)c1ccccc1.CC1(C)c2ccccc2-c2ccccc21.CCC. The summed E-state index contributed by atoms with van der Waals surface area (Å²) in [5.41, 5.74) is 19.9. The highest BCUT2D eigenvalue weighted by molar-refractivity contribution is 6.23. The van der Waals surface area contributed by atoms with E-state index >= 15 is 0 Å². The molecule has 0 aliphatic heterocycles. The lowest BCUT2D eigenvalue weighted by molar-refractivity contribution is 0.647. The van der Waals surface area contributed by atoms with Crippen LogP contribution in [0.5, 0.6) is 0 Å². The molecule has 0 heterocycles. The molecule has 13 aromatic carbocycles. The quantitative estimate of drug-likeness (QED) is 0.120. The predicted molar refractivity (Wildman–Crippen MR) is 456 cm³/mol. The molecule has 0 bridgehead atoms. The van der Waals surface area contributed by atoms with Gasteiger partial charge in [0.25, 0.3) is 0 Å². The summed E-state index contributed by atoms with van der Waals surface area (Å²) < 4.78 is 0. The molecule has 0 radical (unpaired) electrons. The van der Waals surface area contributed by atoms with Gasteiger partial charge >= 0.3 is 0 Å². The van der Waals surface area contributed by atoms with Crippen molar-refractivity contribution in [3.05, 3.63) is 335 Å². The van der Waals surface area contributed by atoms with E-state index in [2.05, 4.69) is 405 Å². The molecule has 530 valence electrons. The Morgan fingerprint density at radius 1 is 0.257 bits per heavy atom. The van der Waals surface area contributed by atoms with Gasteiger partial charge in [0, 0.05) is 5.41 Å². The zero-order valence-electron chi connectivity index (χ0n) is 64.1. The second kappa shape index (κ2) is 40.6. The van der Waals surface area contributed by atoms with Gasteiger partial charge in [0.2, 0.25) is 0 Å². The van der Waals surface area contributed by atoms with Crippen molar-refractivity contribution in [2.45, 2.75) is 213 Å². The standard InChI is InChI=1S/C19H16.C15H14.C15H16.C13H14.C13H20.C12H18.C9H12.C3H8.2CH4/c1-12(2)16-10-8-15-7-6-13-4-3-5-14-9-11-17(16)19(15)18(13)14;1-15(2)13-9-5-3-7-11(13)12-8-4-6-10-14(12)15;1-12(2)13-8-10-15(11-9-13)14-6-4-3-5-7-14;1-10(2)12-9-5-7-11-6-3-4-8-13(11)12;1-10(2)9-12-5-7-13(8-6-12)11(3)4;1-9(2)11-5-7-12(8-6-11)10(3)4;1-8(2)9-6-4-3-5-7-9;1-3-2;;/h3-12H,1-2H3;3-10H,1-2H3;3-12H,1-2H3;3-10H,1-2H3;5-8,10-11H,9H2,1-4H3;5-10H,1-4H3;3-8H,1-2H3;3H2,1-2H3;2*1H4. The molecule has 1 aliphatic rings. The van der Waals surface area contributed by atoms with Crippen LogP contribution in [0.3, 0.4) is 0 Å². The fourth-order valence-corrected chi connectivity index (χ4v) is 13.0. The summed E-state index contributed by atoms with van der Waals surface area (Å²) >= 11 is 0. The van der Waals surface area contributed by atoms with Crippen molar-refractivity contribution in [1.29, 1.82) is 0 Å². The maximum absolute atomic E-state index is 2.30. The number of fused-ring (bicyclic) bond motifs is 4. The third-order valence-corrected chi connectivity index (χ3v) is 18.8. The van der Waals surface area contributed by atoms with E-state index in [-0.39, 0.29) is 20.3 Å². The van der Waals surface area contributed by atoms with Crippen molar-refractivity contribution in [2.24, 2.45) is 5.92 Å². The average molecular weight is 1340 g/mol. The van der Waals surface area contributed by atoms with Crippen LogP contribution in [0.1, 0.15) is 257 Å². The van der Waals surface area contributed by atoms with Gasteiger partial charge in [0.05, 0.1) is 0 Å². The number of hydrogen-bond donors (Lipinski definition) is 0. The highest BCUT2D eigenvalue weighted by Crippen LogP contribution is 2.48. The van der Waals surface area contributed by atoms with Crippen LogP contribution in [0.25, 0.3) is 65.3 Å². The highest BCUT2D eigenvalue weighted by atomic mass is 14.4. The van der Waals surface area contributed by atoms with Crippen molar-refractivity contribution in [3.63, 3.8) is 0 Å². The van der Waals surface area contributed by atoms with Crippen molar-refractivity contribution in [1.82, 2.24) is 0 Å². The van der Waals surface area contributed by atoms with E-state index in [1.165, 1.54) is 134 Å². The van der Waals surface area contributed by atoms with Gasteiger partial charge in [-0.05, 0) is 175 Å². The Bertz CT molecular complexity index is 4340. The van der Waals surface area contributed by atoms with E-state index in [9.17, 15) is 0 Å². The number of rotatable bonds is 10. The van der Waals surface area contributed by atoms with E-state index in [1.807, 2.05) is 12.1 Å². The van der Waals surface area contributed by atoms with Crippen molar-refractivity contribution in [3.8, 4) is 22.3 Å². The molecule has 13 aromatic rings. The van der Waals surface area contributed by atoms with Crippen LogP contribution >= 0.6 is 0 Å². The average Bonchev–Trinajstić information content (AvgIpc) is 1.53. The molecule has 0 heteroatoms. The summed E-state index contributed by atoms with van der Waals surface area (Å²) in [6, 6.07) is 100. The summed E-state index contributed by atoms with van der Waals surface area (Å²) in [7, 11) is 0. The molecule has 0 aromatic heterocycles. The molecule has 0 amide bonds. The Labute approximate surface area is 615 Å². The largest absolute Gasteiger partial charge is 0.0776 e. The van der Waals surface area contributed by atoms with Gasteiger partial charge in [-0.1, -0.05) is 439 Å². The molecule has 101 heavy (non-hydrogen) atoms. The lowest BCUT2D eigenvalue weighted by Gasteiger charge is -2.20. The summed E-state index contributed by atoms with van der Waals surface area (Å²) in [5.74, 6) is 5.12. The van der Waals surface area contributed by atoms with Crippen LogP contribution in [0.2, 0.25) is 0 Å². The summed E-state index contributed by atoms with van der Waals surface area (Å²) in [6.45, 7) is 44.6. The van der Waals surface area contributed by atoms with Crippen LogP contribution in [0.4, 0.5) is 0 Å². The maximum Gasteiger partial charge on any atom is 0.0158 e. The molecule has 0 atom stereocenters. The molecule has 0 spiro atoms. The fraction of sp³-hybridized carbons (Fsp3) is 0.327. The number of benzene rings is 13. The van der Waals surface area contributed by atoms with Crippen molar-refractivity contribution >= 4 is 43.1 Å². The minimum Gasteiger partial charge on any atom is -0.0776 e. The van der Waals surface area contributed by atoms with Gasteiger partial charge in [-0.3, -0.25) is 0 Å². The van der Waals surface area contributed by atoms with Gasteiger partial charge in [0.15, 0.2) is 0 Å². The summed E-state index contributed by atoms with van der Waals surface area (Å²) in [6.07, 6.45) is 2.44. The highest BCUT2D eigenvalue weighted by Gasteiger charge is 2.34. The normalized spacial score (nSPS) is 11.5. The lowest BCUT2D eigenvalue weighted by atomic mass is 9.82. The van der Waals surface area contributed by atoms with Crippen LogP contribution in [-0.4, -0.2) is 0 Å². The molecule has 14 rings (SSSR count). The molecular weight excluding hydrogens is 1210 g/mol. The van der Waals surface area contributed by atoms with Crippen LogP contribution in [0, 0.1) is 5.92 Å². The van der Waals surface area contributed by atoms with E-state index in [0.717, 1.165) is 5.92 Å². The minimum atomic E-state index is 0. The molecule has 0 fully saturated rings. The topological polar surface area (TPSA) is 0 Å². The Morgan fingerprint density at radius 2 is 0.584 bits per heavy atom. The molecule has 0 nitrogen and oxygen atoms in total. The molecule has 0 N–H and O–H groups in total. The second-order valence-electron chi connectivity index (χ2n) is 30.0. The zero-order valence-corrected chi connectivity index (χ0v) is 64.1. The Hall–Kier alpha value is -8.84. The minimum absolute atomic E-state index is 0. The predicted octanol–water partition coefficient (Wildman–Crippen LogP) is 31.6. The Morgan fingerprint density at radius 3 is 1.03 bits per heavy atom. The first-order chi connectivity index (χ1) is 47.4. The van der Waals surface area contributed by atoms with Gasteiger partial charge in [-0.15, -0.1) is 0 Å². The number of hydrogen-bond acceptors (Lipinski definition) is 0. The molecule has 0 saturated heterocycles. The molecule has 0 unspecified atom stereocenters. The molecular formula is C101H126. The van der Waals surface area contributed by atoms with Gasteiger partial charge in [-0.25, -0.2) is 0 Å². The van der Waals surface area contributed by atoms with Crippen LogP contribution in [0.15, 0.2) is 279 Å². The van der Waals surface area contributed by atoms with Gasteiger partial charge in [0.1, 0.15) is 0 Å². The third kappa shape index (κ3) is 23.1. The van der Waals surface area contributed by atoms with Gasteiger partial charge < -0.3 is 0 Å². The summed E-state index contributed by atoms with van der Waals surface area (Å²) in [4.78, 5) is 0. The van der Waals surface area contributed by atoms with Crippen LogP contribution < -0.4 is 0 Å². The first-order valence-electron chi connectivity index (χ1n) is 37.2. The summed E-state index contributed by atoms with van der Waals surface area (Å²) in [5, 5.41) is 11.0. The first kappa shape index (κ1) is 82.8. The van der Waals surface area contributed by atoms with E-state index < -0.39 is 0 Å². The second-order valence-corrected chi connectivity index (χ2v) is 30.0. The van der Waals surface area contributed by atoms with Gasteiger partial charge in [-0.2, -0.15) is 0 Å². The third-order valence-electron chi connectivity index (χ3n) is 18.8. The maximum atomic E-state index is 2.30. The smallest absolute Gasteiger partial charge is 0.0158 e. The van der Waals surface area contributed by atoms with Crippen LogP contribution in [-0.2, 0) is 11.8 Å². The van der Waals surface area contributed by atoms with E-state index in [0.29, 0.717) is 41.4 Å². The van der Waals surface area contributed by atoms with E-state index in [4.69, 9.17) is 0 Å². The molecule has 1 aliphatic carbocycles. The Kier molecular flexibility index (Phi) is 33.3. The first-order valence-corrected chi connectivity index (χ1v) is 37.2. The van der Waals surface area contributed by atoms with Crippen molar-refractivity contribution < 1.29 is 0 Å².